The van der Waals surface area contributed by atoms with E-state index in [1.165, 1.54) is 24.3 Å². The molecule has 15 nitrogen and oxygen atoms in total. The number of hydrogen-bond acceptors (Lipinski definition) is 10. The summed E-state index contributed by atoms with van der Waals surface area (Å²) in [4.78, 5) is 64.7. The fourth-order valence-corrected chi connectivity index (χ4v) is 4.79. The molecular weight excluding hydrogens is 703 g/mol. The van der Waals surface area contributed by atoms with Gasteiger partial charge < -0.3 is 31.3 Å². The first-order chi connectivity index (χ1) is 23.4. The van der Waals surface area contributed by atoms with Gasteiger partial charge in [0.25, 0.3) is 10.1 Å². The van der Waals surface area contributed by atoms with Crippen LogP contribution in [-0.2, 0) is 38.8 Å². The average Bonchev–Trinajstić information content (AvgIpc) is 3.05. The molecule has 1 rings (SSSR count). The van der Waals surface area contributed by atoms with Crippen LogP contribution in [0.15, 0.2) is 24.3 Å². The zero-order valence-corrected chi connectivity index (χ0v) is 33.2. The van der Waals surface area contributed by atoms with Gasteiger partial charge in [-0.25, -0.2) is 9.59 Å². The van der Waals surface area contributed by atoms with Crippen molar-refractivity contribution in [2.75, 3.05) is 13.2 Å². The van der Waals surface area contributed by atoms with Gasteiger partial charge in [-0.3, -0.25) is 23.7 Å². The van der Waals surface area contributed by atoms with Crippen molar-refractivity contribution in [1.29, 1.82) is 0 Å². The van der Waals surface area contributed by atoms with Crippen LogP contribution in [0.3, 0.4) is 0 Å². The van der Waals surface area contributed by atoms with E-state index < -0.39 is 57.6 Å². The van der Waals surface area contributed by atoms with Gasteiger partial charge in [0.2, 0.25) is 0 Å². The molecule has 0 saturated carbocycles. The minimum Gasteiger partial charge on any atom is -1.00 e. The van der Waals surface area contributed by atoms with Gasteiger partial charge >= 0.3 is 65.4 Å². The van der Waals surface area contributed by atoms with Gasteiger partial charge in [0.1, 0.15) is 0 Å². The second kappa shape index (κ2) is 30.6. The Bertz CT molecular complexity index is 1240. The van der Waals surface area contributed by atoms with E-state index in [-0.39, 0.29) is 80.0 Å². The number of esters is 2. The number of carbonyl (C=O) groups is 6. The Morgan fingerprint density at radius 3 is 1.33 bits per heavy atom. The summed E-state index contributed by atoms with van der Waals surface area (Å²) < 4.78 is 42.8. The molecule has 3 unspecified atom stereocenters. The molecule has 0 aromatic heterocycles. The molecule has 0 spiro atoms. The number of rotatable bonds is 23. The number of benzene rings is 1. The molecule has 0 amide bonds. The molecule has 1 aromatic carbocycles. The Hall–Kier alpha value is -3.05. The molecule has 0 aliphatic rings. The van der Waals surface area contributed by atoms with Crippen molar-refractivity contribution in [1.82, 2.24) is 0 Å². The number of carboxylic acid groups (broad SMARTS) is 4. The Balaban J connectivity index is -0.000000393. The van der Waals surface area contributed by atoms with Crippen LogP contribution >= 0.6 is 0 Å². The molecule has 0 heterocycles. The Kier molecular flexibility index (Phi) is 31.4. The number of ether oxygens (including phenoxy) is 2. The number of aromatic carboxylic acids is 2. The average molecular weight is 759 g/mol. The number of hydrogen-bond donors (Lipinski definition) is 5. The van der Waals surface area contributed by atoms with Crippen molar-refractivity contribution < 1.29 is 103 Å². The Morgan fingerprint density at radius 2 is 1.04 bits per heavy atom. The van der Waals surface area contributed by atoms with Crippen LogP contribution in [0.25, 0.3) is 0 Å². The second-order valence-corrected chi connectivity index (χ2v) is 13.1. The standard InChI is InChI=1S/C20H38O7S.C8H6O4.C6H10O4.Na.H/c1-5-9-11-16(7-3)14-26-19(21)13-18(28(23,24)25)20(22)27-15-17(8-4)12-10-6-2;9-7(10)5-1-2-6(4-3-5)8(11)12;7-5(8)3-1-2-4-6(9)10;;/h16-18H,5-15H2,1-4H3,(H,23,24,25);1-4H,(H,9,10)(H,11,12);1-4H2,(H,7,8)(H,9,10);;/q;;;+1;-1. The molecule has 0 aliphatic carbocycles. The van der Waals surface area contributed by atoms with Crippen LogP contribution in [-0.4, -0.2) is 87.7 Å². The first-order valence-corrected chi connectivity index (χ1v) is 18.2. The van der Waals surface area contributed by atoms with E-state index in [2.05, 4.69) is 13.8 Å². The van der Waals surface area contributed by atoms with Crippen LogP contribution in [0.1, 0.15) is 133 Å². The predicted molar refractivity (Wildman–Crippen MR) is 184 cm³/mol. The van der Waals surface area contributed by atoms with Crippen LogP contribution < -0.4 is 29.6 Å². The molecule has 0 aliphatic heterocycles. The second-order valence-electron chi connectivity index (χ2n) is 11.5. The van der Waals surface area contributed by atoms with E-state index in [0.717, 1.165) is 51.4 Å². The van der Waals surface area contributed by atoms with Gasteiger partial charge in [-0.1, -0.05) is 66.2 Å². The quantitative estimate of drug-likeness (QED) is 0.0465. The van der Waals surface area contributed by atoms with Gasteiger partial charge in [0, 0.05) is 12.8 Å². The zero-order chi connectivity index (χ0) is 38.7. The van der Waals surface area contributed by atoms with Crippen molar-refractivity contribution >= 4 is 45.9 Å². The minimum absolute atomic E-state index is 0. The van der Waals surface area contributed by atoms with Crippen molar-refractivity contribution in [3.05, 3.63) is 35.4 Å². The third-order valence-corrected chi connectivity index (χ3v) is 8.49. The Morgan fingerprint density at radius 1 is 0.667 bits per heavy atom. The molecular formula is C34H55NaO15S. The van der Waals surface area contributed by atoms with Crippen molar-refractivity contribution in [3.8, 4) is 0 Å². The zero-order valence-electron chi connectivity index (χ0n) is 31.4. The maximum absolute atomic E-state index is 12.2. The predicted octanol–water partition coefficient (Wildman–Crippen LogP) is 3.07. The summed E-state index contributed by atoms with van der Waals surface area (Å²) in [5.74, 6) is -5.47. The van der Waals surface area contributed by atoms with Crippen molar-refractivity contribution in [3.63, 3.8) is 0 Å². The van der Waals surface area contributed by atoms with Crippen molar-refractivity contribution in [2.45, 2.75) is 116 Å². The normalized spacial score (nSPS) is 12.2. The minimum atomic E-state index is -4.76. The summed E-state index contributed by atoms with van der Waals surface area (Å²) in [6.07, 6.45) is 7.76. The van der Waals surface area contributed by atoms with Crippen LogP contribution in [0.2, 0.25) is 0 Å². The first-order valence-electron chi connectivity index (χ1n) is 16.7. The van der Waals surface area contributed by atoms with Gasteiger partial charge in [-0.15, -0.1) is 0 Å². The number of unbranched alkanes of at least 4 members (excludes halogenated alkanes) is 3. The van der Waals surface area contributed by atoms with Crippen LogP contribution in [0.4, 0.5) is 0 Å². The van der Waals surface area contributed by atoms with Gasteiger partial charge in [0.15, 0.2) is 5.25 Å². The first kappa shape index (κ1) is 52.3. The summed E-state index contributed by atoms with van der Waals surface area (Å²) in [6.45, 7) is 8.35. The molecule has 0 saturated heterocycles. The van der Waals surface area contributed by atoms with E-state index in [1.807, 2.05) is 13.8 Å². The number of carboxylic acids is 4. The fourth-order valence-electron chi connectivity index (χ4n) is 4.13. The molecule has 288 valence electrons. The summed E-state index contributed by atoms with van der Waals surface area (Å²) in [5, 5.41) is 31.3. The molecule has 51 heavy (non-hydrogen) atoms. The fraction of sp³-hybridized carbons (Fsp3) is 0.647. The molecule has 17 heteroatoms. The molecule has 1 aromatic rings. The summed E-state index contributed by atoms with van der Waals surface area (Å²) in [5.41, 5.74) is 0.167. The number of aliphatic carboxylic acids is 2. The van der Waals surface area contributed by atoms with E-state index in [1.54, 1.807) is 0 Å². The van der Waals surface area contributed by atoms with Crippen molar-refractivity contribution in [2.24, 2.45) is 11.8 Å². The third kappa shape index (κ3) is 28.2. The van der Waals surface area contributed by atoms with Gasteiger partial charge in [-0.05, 0) is 61.8 Å². The van der Waals surface area contributed by atoms with Crippen LogP contribution in [0.5, 0.6) is 0 Å². The molecule has 3 atom stereocenters. The Labute approximate surface area is 324 Å². The summed E-state index contributed by atoms with van der Waals surface area (Å²) >= 11 is 0. The smallest absolute Gasteiger partial charge is 1.00 e. The SMILES string of the molecule is CCCCC(CC)COC(=O)CC(C(=O)OCC(CC)CCCC)S(=O)(=O)O.O=C(O)CCCCC(=O)O.O=C(O)c1ccc(C(=O)O)cc1.[H-].[Na+]. The van der Waals surface area contributed by atoms with E-state index in [4.69, 9.17) is 29.9 Å². The van der Waals surface area contributed by atoms with E-state index in [0.29, 0.717) is 12.8 Å². The maximum Gasteiger partial charge on any atom is 1.00 e. The monoisotopic (exact) mass is 758 g/mol. The van der Waals surface area contributed by atoms with E-state index in [9.17, 15) is 41.7 Å². The van der Waals surface area contributed by atoms with Gasteiger partial charge in [-0.2, -0.15) is 8.42 Å². The third-order valence-electron chi connectivity index (χ3n) is 7.41. The molecule has 0 bridgehead atoms. The topological polar surface area (TPSA) is 256 Å². The molecule has 0 radical (unpaired) electrons. The molecule has 5 N–H and O–H groups in total. The number of carbonyl (C=O) groups excluding carboxylic acids is 2. The van der Waals surface area contributed by atoms with Crippen LogP contribution in [0, 0.1) is 11.8 Å². The summed E-state index contributed by atoms with van der Waals surface area (Å²) in [7, 11) is -4.76. The van der Waals surface area contributed by atoms with Gasteiger partial charge in [0.05, 0.1) is 30.8 Å². The maximum atomic E-state index is 12.2. The largest absolute Gasteiger partial charge is 1.00 e. The summed E-state index contributed by atoms with van der Waals surface area (Å²) in [6, 6.07) is 5.02. The van der Waals surface area contributed by atoms with E-state index >= 15 is 0 Å². The molecule has 0 fully saturated rings.